The molecule has 0 bridgehead atoms. The van der Waals surface area contributed by atoms with Crippen LogP contribution < -0.4 is 5.32 Å². The molecule has 4 heteroatoms. The first-order valence-corrected chi connectivity index (χ1v) is 6.73. The van der Waals surface area contributed by atoms with Crippen molar-refractivity contribution in [3.05, 3.63) is 46.1 Å². The summed E-state index contributed by atoms with van der Waals surface area (Å²) in [7, 11) is 0. The molecule has 2 nitrogen and oxygen atoms in total. The SMILES string of the molecule is C=COCCCNC(C)c1ccc(Br)cc1Cl. The van der Waals surface area contributed by atoms with E-state index in [-0.39, 0.29) is 6.04 Å². The Bertz CT molecular complexity index is 370. The second-order valence-corrected chi connectivity index (χ2v) is 5.06. The van der Waals surface area contributed by atoms with Crippen molar-refractivity contribution in [2.75, 3.05) is 13.2 Å². The van der Waals surface area contributed by atoms with Crippen LogP contribution in [0.2, 0.25) is 5.02 Å². The number of nitrogens with one attached hydrogen (secondary N) is 1. The van der Waals surface area contributed by atoms with Crippen LogP contribution in [0.5, 0.6) is 0 Å². The van der Waals surface area contributed by atoms with Gasteiger partial charge in [-0.3, -0.25) is 0 Å². The van der Waals surface area contributed by atoms with Crippen molar-refractivity contribution in [2.24, 2.45) is 0 Å². The molecule has 1 unspecified atom stereocenters. The molecule has 0 aliphatic rings. The Hall–Kier alpha value is -0.510. The zero-order chi connectivity index (χ0) is 12.7. The third kappa shape index (κ3) is 5.11. The number of ether oxygens (including phenoxy) is 1. The highest BCUT2D eigenvalue weighted by atomic mass is 79.9. The summed E-state index contributed by atoms with van der Waals surface area (Å²) in [6.07, 6.45) is 2.42. The number of hydrogen-bond acceptors (Lipinski definition) is 2. The predicted molar refractivity (Wildman–Crippen MR) is 76.3 cm³/mol. The van der Waals surface area contributed by atoms with Crippen LogP contribution in [0.1, 0.15) is 24.9 Å². The largest absolute Gasteiger partial charge is 0.502 e. The summed E-state index contributed by atoms with van der Waals surface area (Å²) in [5, 5.41) is 4.18. The third-order valence-electron chi connectivity index (χ3n) is 2.44. The van der Waals surface area contributed by atoms with Crippen LogP contribution >= 0.6 is 27.5 Å². The predicted octanol–water partition coefficient (Wildman–Crippen LogP) is 4.30. The first-order valence-electron chi connectivity index (χ1n) is 5.56. The van der Waals surface area contributed by atoms with Crippen molar-refractivity contribution >= 4 is 27.5 Å². The van der Waals surface area contributed by atoms with E-state index in [4.69, 9.17) is 16.3 Å². The normalized spacial score (nSPS) is 12.2. The van der Waals surface area contributed by atoms with Crippen LogP contribution in [-0.2, 0) is 4.74 Å². The van der Waals surface area contributed by atoms with Crippen LogP contribution in [0, 0.1) is 0 Å². The summed E-state index contributed by atoms with van der Waals surface area (Å²) >= 11 is 9.57. The van der Waals surface area contributed by atoms with Crippen molar-refractivity contribution in [1.82, 2.24) is 5.32 Å². The zero-order valence-corrected chi connectivity index (χ0v) is 12.2. The summed E-state index contributed by atoms with van der Waals surface area (Å²) in [4.78, 5) is 0. The molecule has 0 saturated heterocycles. The van der Waals surface area contributed by atoms with Crippen molar-refractivity contribution < 1.29 is 4.74 Å². The van der Waals surface area contributed by atoms with Gasteiger partial charge in [0.05, 0.1) is 12.9 Å². The second-order valence-electron chi connectivity index (χ2n) is 3.73. The summed E-state index contributed by atoms with van der Waals surface area (Å²) in [6, 6.07) is 6.18. The smallest absolute Gasteiger partial charge is 0.0885 e. The van der Waals surface area contributed by atoms with Gasteiger partial charge in [-0.25, -0.2) is 0 Å². The van der Waals surface area contributed by atoms with Crippen molar-refractivity contribution in [1.29, 1.82) is 0 Å². The highest BCUT2D eigenvalue weighted by Gasteiger charge is 2.08. The van der Waals surface area contributed by atoms with Crippen molar-refractivity contribution in [2.45, 2.75) is 19.4 Å². The van der Waals surface area contributed by atoms with Gasteiger partial charge in [0.15, 0.2) is 0 Å². The number of halogens is 2. The first-order chi connectivity index (χ1) is 8.15. The van der Waals surface area contributed by atoms with Crippen molar-refractivity contribution in [3.8, 4) is 0 Å². The van der Waals surface area contributed by atoms with E-state index in [1.807, 2.05) is 18.2 Å². The summed E-state index contributed by atoms with van der Waals surface area (Å²) < 4.78 is 6.05. The molecule has 0 fully saturated rings. The molecule has 0 spiro atoms. The standard InChI is InChI=1S/C13H17BrClNO/c1-3-17-8-4-7-16-10(2)12-6-5-11(14)9-13(12)15/h3,5-6,9-10,16H,1,4,7-8H2,2H3. The molecule has 0 aromatic heterocycles. The molecule has 1 rings (SSSR count). The molecule has 0 aliphatic heterocycles. The molecular formula is C13H17BrClNO. The number of hydrogen-bond donors (Lipinski definition) is 1. The molecule has 17 heavy (non-hydrogen) atoms. The van der Waals surface area contributed by atoms with Gasteiger partial charge in [-0.15, -0.1) is 0 Å². The summed E-state index contributed by atoms with van der Waals surface area (Å²) in [5.74, 6) is 0. The number of rotatable bonds is 7. The Balaban J connectivity index is 2.41. The monoisotopic (exact) mass is 317 g/mol. The van der Waals surface area contributed by atoms with Crippen LogP contribution in [0.3, 0.4) is 0 Å². The Kier molecular flexibility index (Phi) is 6.63. The zero-order valence-electron chi connectivity index (χ0n) is 9.88. The molecule has 0 aliphatic carbocycles. The van der Waals surface area contributed by atoms with E-state index in [1.165, 1.54) is 6.26 Å². The lowest BCUT2D eigenvalue weighted by Crippen LogP contribution is -2.21. The van der Waals surface area contributed by atoms with Crippen LogP contribution in [0.25, 0.3) is 0 Å². The van der Waals surface area contributed by atoms with E-state index in [0.717, 1.165) is 28.0 Å². The maximum Gasteiger partial charge on any atom is 0.0885 e. The topological polar surface area (TPSA) is 21.3 Å². The van der Waals surface area contributed by atoms with E-state index in [2.05, 4.69) is 34.7 Å². The molecule has 94 valence electrons. The molecule has 1 atom stereocenters. The third-order valence-corrected chi connectivity index (χ3v) is 3.26. The van der Waals surface area contributed by atoms with E-state index in [9.17, 15) is 0 Å². The molecule has 1 aromatic rings. The molecule has 0 radical (unpaired) electrons. The highest BCUT2D eigenvalue weighted by Crippen LogP contribution is 2.26. The minimum Gasteiger partial charge on any atom is -0.502 e. The van der Waals surface area contributed by atoms with Gasteiger partial charge < -0.3 is 10.1 Å². The lowest BCUT2D eigenvalue weighted by molar-refractivity contribution is 0.243. The van der Waals surface area contributed by atoms with Gasteiger partial charge in [0.2, 0.25) is 0 Å². The average Bonchev–Trinajstić information content (AvgIpc) is 2.28. The van der Waals surface area contributed by atoms with E-state index < -0.39 is 0 Å². The molecular weight excluding hydrogens is 302 g/mol. The van der Waals surface area contributed by atoms with Crippen molar-refractivity contribution in [3.63, 3.8) is 0 Å². The lowest BCUT2D eigenvalue weighted by atomic mass is 10.1. The Morgan fingerprint density at radius 2 is 2.35 bits per heavy atom. The summed E-state index contributed by atoms with van der Waals surface area (Å²) in [5.41, 5.74) is 1.11. The van der Waals surface area contributed by atoms with E-state index >= 15 is 0 Å². The number of benzene rings is 1. The van der Waals surface area contributed by atoms with Gasteiger partial charge in [-0.1, -0.05) is 40.2 Å². The minimum atomic E-state index is 0.235. The van der Waals surface area contributed by atoms with Gasteiger partial charge >= 0.3 is 0 Å². The van der Waals surface area contributed by atoms with Gasteiger partial charge in [0, 0.05) is 15.5 Å². The Labute approximate surface area is 116 Å². The lowest BCUT2D eigenvalue weighted by Gasteiger charge is -2.15. The molecule has 0 amide bonds. The maximum absolute atomic E-state index is 6.18. The van der Waals surface area contributed by atoms with Gasteiger partial charge in [-0.2, -0.15) is 0 Å². The van der Waals surface area contributed by atoms with Gasteiger partial charge in [0.25, 0.3) is 0 Å². The molecule has 1 aromatic carbocycles. The second kappa shape index (κ2) is 7.75. The van der Waals surface area contributed by atoms with Crippen LogP contribution in [-0.4, -0.2) is 13.2 Å². The van der Waals surface area contributed by atoms with E-state index in [0.29, 0.717) is 6.61 Å². The first kappa shape index (κ1) is 14.6. The molecule has 1 N–H and O–H groups in total. The fourth-order valence-electron chi connectivity index (χ4n) is 1.52. The van der Waals surface area contributed by atoms with Gasteiger partial charge in [0.1, 0.15) is 0 Å². The highest BCUT2D eigenvalue weighted by molar-refractivity contribution is 9.10. The Morgan fingerprint density at radius 1 is 1.59 bits per heavy atom. The summed E-state index contributed by atoms with van der Waals surface area (Å²) in [6.45, 7) is 7.18. The quantitative estimate of drug-likeness (QED) is 0.598. The fourth-order valence-corrected chi connectivity index (χ4v) is 2.36. The molecule has 0 saturated carbocycles. The average molecular weight is 319 g/mol. The van der Waals surface area contributed by atoms with Crippen LogP contribution in [0.15, 0.2) is 35.5 Å². The van der Waals surface area contributed by atoms with E-state index in [1.54, 1.807) is 0 Å². The minimum absolute atomic E-state index is 0.235. The fraction of sp³-hybridized carbons (Fsp3) is 0.385. The maximum atomic E-state index is 6.18. The molecule has 0 heterocycles. The van der Waals surface area contributed by atoms with Crippen LogP contribution in [0.4, 0.5) is 0 Å². The Morgan fingerprint density at radius 3 is 3.00 bits per heavy atom. The van der Waals surface area contributed by atoms with Gasteiger partial charge in [-0.05, 0) is 37.6 Å².